The zero-order chi connectivity index (χ0) is 22.5. The Hall–Kier alpha value is -3.52. The van der Waals surface area contributed by atoms with E-state index in [1.54, 1.807) is 29.4 Å². The van der Waals surface area contributed by atoms with E-state index in [9.17, 15) is 9.18 Å². The normalized spacial score (nSPS) is 10.8. The van der Waals surface area contributed by atoms with Crippen molar-refractivity contribution >= 4 is 23.4 Å². The van der Waals surface area contributed by atoms with Gasteiger partial charge < -0.3 is 4.90 Å². The molecule has 0 saturated heterocycles. The molecule has 1 amide bonds. The van der Waals surface area contributed by atoms with Gasteiger partial charge in [0.1, 0.15) is 5.82 Å². The summed E-state index contributed by atoms with van der Waals surface area (Å²) in [6.07, 6.45) is 3.42. The summed E-state index contributed by atoms with van der Waals surface area (Å²) in [7, 11) is 0. The number of aryl methyl sites for hydroxylation is 1. The van der Waals surface area contributed by atoms with E-state index in [0.717, 1.165) is 16.8 Å². The van der Waals surface area contributed by atoms with E-state index in [-0.39, 0.29) is 17.5 Å². The minimum absolute atomic E-state index is 0.0898. The van der Waals surface area contributed by atoms with Crippen LogP contribution < -0.4 is 4.90 Å². The van der Waals surface area contributed by atoms with E-state index in [4.69, 9.17) is 0 Å². The number of thioether (sulfide) groups is 1. The molecule has 0 fully saturated rings. The number of anilines is 1. The number of halogens is 1. The second-order valence-electron chi connectivity index (χ2n) is 7.12. The third-order valence-corrected chi connectivity index (χ3v) is 5.86. The van der Waals surface area contributed by atoms with Crippen LogP contribution >= 0.6 is 11.8 Å². The van der Waals surface area contributed by atoms with Gasteiger partial charge in [0.15, 0.2) is 11.0 Å². The Balaban J connectivity index is 1.62. The number of benzene rings is 2. The average Bonchev–Trinajstić information content (AvgIpc) is 3.24. The predicted molar refractivity (Wildman–Crippen MR) is 124 cm³/mol. The van der Waals surface area contributed by atoms with Crippen molar-refractivity contribution in [3.05, 3.63) is 84.4 Å². The molecule has 0 atom stereocenters. The molecule has 4 rings (SSSR count). The van der Waals surface area contributed by atoms with Crippen LogP contribution in [-0.4, -0.2) is 38.0 Å². The smallest absolute Gasteiger partial charge is 0.237 e. The first kappa shape index (κ1) is 21.7. The number of aromatic nitrogens is 4. The van der Waals surface area contributed by atoms with Crippen LogP contribution in [0.2, 0.25) is 0 Å². The topological polar surface area (TPSA) is 63.9 Å². The number of carbonyl (C=O) groups is 1. The summed E-state index contributed by atoms with van der Waals surface area (Å²) in [4.78, 5) is 18.7. The van der Waals surface area contributed by atoms with Crippen molar-refractivity contribution < 1.29 is 9.18 Å². The molecule has 0 radical (unpaired) electrons. The molecule has 2 aromatic carbocycles. The molecule has 2 heterocycles. The number of nitrogens with zero attached hydrogens (tertiary/aromatic N) is 5. The van der Waals surface area contributed by atoms with Crippen molar-refractivity contribution in [1.29, 1.82) is 0 Å². The maximum Gasteiger partial charge on any atom is 0.237 e. The third-order valence-electron chi connectivity index (χ3n) is 4.94. The standard InChI is InChI=1S/C24H22FN5OS/c1-3-29(20-10-6-19(25)7-11-20)22(31)16-32-24-28-27-23(18-12-14-26-15-13-18)30(24)21-8-4-17(2)5-9-21/h4-15H,3,16H2,1-2H3. The molecule has 0 aliphatic heterocycles. The molecule has 0 N–H and O–H groups in total. The van der Waals surface area contributed by atoms with Crippen molar-refractivity contribution in [2.75, 3.05) is 17.2 Å². The largest absolute Gasteiger partial charge is 0.312 e. The number of rotatable bonds is 7. The molecule has 0 saturated carbocycles. The van der Waals surface area contributed by atoms with E-state index in [0.29, 0.717) is 23.2 Å². The summed E-state index contributed by atoms with van der Waals surface area (Å²) in [5, 5.41) is 9.38. The van der Waals surface area contributed by atoms with Crippen LogP contribution in [-0.2, 0) is 4.79 Å². The van der Waals surface area contributed by atoms with E-state index >= 15 is 0 Å². The fraction of sp³-hybridized carbons (Fsp3) is 0.167. The third kappa shape index (κ3) is 4.70. The predicted octanol–water partition coefficient (Wildman–Crippen LogP) is 4.92. The van der Waals surface area contributed by atoms with Crippen LogP contribution in [0, 0.1) is 12.7 Å². The van der Waals surface area contributed by atoms with Crippen LogP contribution in [0.15, 0.2) is 78.2 Å². The lowest BCUT2D eigenvalue weighted by Gasteiger charge is -2.21. The Kier molecular flexibility index (Phi) is 6.61. The minimum Gasteiger partial charge on any atom is -0.312 e. The zero-order valence-electron chi connectivity index (χ0n) is 17.8. The molecule has 162 valence electrons. The lowest BCUT2D eigenvalue weighted by Crippen LogP contribution is -2.32. The lowest BCUT2D eigenvalue weighted by molar-refractivity contribution is -0.116. The van der Waals surface area contributed by atoms with Crippen LogP contribution in [0.5, 0.6) is 0 Å². The summed E-state index contributed by atoms with van der Waals surface area (Å²) in [6.45, 7) is 4.41. The lowest BCUT2D eigenvalue weighted by atomic mass is 10.2. The Morgan fingerprint density at radius 3 is 2.34 bits per heavy atom. The molecule has 0 bridgehead atoms. The van der Waals surface area contributed by atoms with Crippen molar-refractivity contribution in [2.45, 2.75) is 19.0 Å². The van der Waals surface area contributed by atoms with E-state index in [1.165, 1.54) is 23.9 Å². The number of hydrogen-bond donors (Lipinski definition) is 0. The first-order valence-electron chi connectivity index (χ1n) is 10.2. The average molecular weight is 448 g/mol. The highest BCUT2D eigenvalue weighted by Crippen LogP contribution is 2.28. The molecular formula is C24H22FN5OS. The van der Waals surface area contributed by atoms with Crippen molar-refractivity contribution in [3.63, 3.8) is 0 Å². The molecule has 2 aromatic heterocycles. The number of carbonyl (C=O) groups excluding carboxylic acids is 1. The van der Waals surface area contributed by atoms with Gasteiger partial charge in [-0.05, 0) is 62.4 Å². The fourth-order valence-electron chi connectivity index (χ4n) is 3.31. The molecule has 8 heteroatoms. The molecule has 0 aliphatic carbocycles. The van der Waals surface area contributed by atoms with Crippen molar-refractivity contribution in [2.24, 2.45) is 0 Å². The summed E-state index contributed by atoms with van der Waals surface area (Å²) < 4.78 is 15.2. The fourth-order valence-corrected chi connectivity index (χ4v) is 4.13. The number of pyridine rings is 1. The Morgan fingerprint density at radius 2 is 1.69 bits per heavy atom. The number of hydrogen-bond acceptors (Lipinski definition) is 5. The maximum atomic E-state index is 13.3. The molecule has 6 nitrogen and oxygen atoms in total. The maximum absolute atomic E-state index is 13.3. The number of amides is 1. The van der Waals surface area contributed by atoms with Gasteiger partial charge in [0.2, 0.25) is 5.91 Å². The monoisotopic (exact) mass is 447 g/mol. The molecule has 0 spiro atoms. The van der Waals surface area contributed by atoms with Crippen LogP contribution in [0.3, 0.4) is 0 Å². The van der Waals surface area contributed by atoms with Gasteiger partial charge in [-0.25, -0.2) is 4.39 Å². The van der Waals surface area contributed by atoms with Gasteiger partial charge in [0, 0.05) is 35.9 Å². The molecule has 4 aromatic rings. The molecule has 0 aliphatic rings. The minimum atomic E-state index is -0.332. The summed E-state index contributed by atoms with van der Waals surface area (Å²) in [6, 6.07) is 17.7. The summed E-state index contributed by atoms with van der Waals surface area (Å²) in [5.74, 6) is 0.428. The van der Waals surface area contributed by atoms with Gasteiger partial charge in [0.05, 0.1) is 5.75 Å². The van der Waals surface area contributed by atoms with Gasteiger partial charge in [0.25, 0.3) is 0 Å². The SMILES string of the molecule is CCN(C(=O)CSc1nnc(-c2ccncc2)n1-c1ccc(C)cc1)c1ccc(F)cc1. The molecule has 0 unspecified atom stereocenters. The second kappa shape index (κ2) is 9.74. The van der Waals surface area contributed by atoms with E-state index < -0.39 is 0 Å². The summed E-state index contributed by atoms with van der Waals surface area (Å²) >= 11 is 1.32. The Bertz CT molecular complexity index is 1190. The van der Waals surface area contributed by atoms with Gasteiger partial charge in [-0.15, -0.1) is 10.2 Å². The first-order valence-corrected chi connectivity index (χ1v) is 11.2. The van der Waals surface area contributed by atoms with Crippen molar-refractivity contribution in [1.82, 2.24) is 19.7 Å². The zero-order valence-corrected chi connectivity index (χ0v) is 18.6. The molecular weight excluding hydrogens is 425 g/mol. The molecule has 32 heavy (non-hydrogen) atoms. The Labute approximate surface area is 190 Å². The van der Waals surface area contributed by atoms with Gasteiger partial charge >= 0.3 is 0 Å². The van der Waals surface area contributed by atoms with Crippen molar-refractivity contribution in [3.8, 4) is 17.1 Å². The second-order valence-corrected chi connectivity index (χ2v) is 8.06. The van der Waals surface area contributed by atoms with Crippen LogP contribution in [0.25, 0.3) is 17.1 Å². The van der Waals surface area contributed by atoms with E-state index in [2.05, 4.69) is 15.2 Å². The van der Waals surface area contributed by atoms with Gasteiger partial charge in [-0.1, -0.05) is 29.5 Å². The quantitative estimate of drug-likeness (QED) is 0.376. The highest BCUT2D eigenvalue weighted by atomic mass is 32.2. The summed E-state index contributed by atoms with van der Waals surface area (Å²) in [5.41, 5.74) is 3.60. The van der Waals surface area contributed by atoms with Crippen LogP contribution in [0.1, 0.15) is 12.5 Å². The van der Waals surface area contributed by atoms with Crippen LogP contribution in [0.4, 0.5) is 10.1 Å². The highest BCUT2D eigenvalue weighted by molar-refractivity contribution is 7.99. The van der Waals surface area contributed by atoms with Gasteiger partial charge in [-0.2, -0.15) is 0 Å². The Morgan fingerprint density at radius 1 is 1.00 bits per heavy atom. The van der Waals surface area contributed by atoms with E-state index in [1.807, 2.05) is 54.8 Å². The highest BCUT2D eigenvalue weighted by Gasteiger charge is 2.20. The first-order chi connectivity index (χ1) is 15.6. The van der Waals surface area contributed by atoms with Gasteiger partial charge in [-0.3, -0.25) is 14.3 Å².